The molecular formula is C9H15NO4. The Balaban J connectivity index is 1.78. The van der Waals surface area contributed by atoms with Gasteiger partial charge in [-0.25, -0.2) is 4.79 Å². The summed E-state index contributed by atoms with van der Waals surface area (Å²) >= 11 is 0. The molecule has 4 atom stereocenters. The Labute approximate surface area is 82.6 Å². The van der Waals surface area contributed by atoms with Crippen LogP contribution in [0.4, 0.5) is 4.79 Å². The lowest BCUT2D eigenvalue weighted by Crippen LogP contribution is -2.36. The van der Waals surface area contributed by atoms with E-state index in [0.29, 0.717) is 13.1 Å². The molecule has 5 heteroatoms. The van der Waals surface area contributed by atoms with E-state index in [-0.39, 0.29) is 24.4 Å². The maximum absolute atomic E-state index is 10.9. The first-order valence-corrected chi connectivity index (χ1v) is 4.86. The molecule has 1 N–H and O–H groups in total. The van der Waals surface area contributed by atoms with Gasteiger partial charge in [-0.05, 0) is 13.8 Å². The summed E-state index contributed by atoms with van der Waals surface area (Å²) in [6.07, 6.45) is -0.320. The highest BCUT2D eigenvalue weighted by Gasteiger charge is 2.41. The first-order valence-electron chi connectivity index (χ1n) is 4.86. The van der Waals surface area contributed by atoms with Crippen molar-refractivity contribution in [2.24, 2.45) is 0 Å². The van der Waals surface area contributed by atoms with Gasteiger partial charge in [-0.15, -0.1) is 0 Å². The van der Waals surface area contributed by atoms with Crippen LogP contribution < -0.4 is 0 Å². The van der Waals surface area contributed by atoms with Crippen molar-refractivity contribution < 1.29 is 19.4 Å². The van der Waals surface area contributed by atoms with Gasteiger partial charge in [0, 0.05) is 0 Å². The van der Waals surface area contributed by atoms with Gasteiger partial charge in [0.05, 0.1) is 25.3 Å². The standard InChI is InChI=1S/C9H15NO4/c1-5-7(13-5)3-10(9(11)12)4-8-6(2)14-8/h5-8H,3-4H2,1-2H3,(H,11,12). The van der Waals surface area contributed by atoms with E-state index >= 15 is 0 Å². The number of carbonyl (C=O) groups is 1. The molecule has 0 radical (unpaired) electrons. The Hall–Kier alpha value is -0.810. The zero-order valence-electron chi connectivity index (χ0n) is 8.34. The molecule has 2 saturated heterocycles. The SMILES string of the molecule is CC1OC1CN(CC1OC1C)C(=O)O. The number of carboxylic acid groups (broad SMARTS) is 1. The monoisotopic (exact) mass is 201 g/mol. The zero-order chi connectivity index (χ0) is 10.3. The molecule has 1 amide bonds. The number of epoxide rings is 2. The van der Waals surface area contributed by atoms with Crippen molar-refractivity contribution >= 4 is 6.09 Å². The van der Waals surface area contributed by atoms with Crippen LogP contribution in [0.25, 0.3) is 0 Å². The van der Waals surface area contributed by atoms with Gasteiger partial charge in [0.15, 0.2) is 0 Å². The maximum Gasteiger partial charge on any atom is 0.407 e. The predicted octanol–water partition coefficient (Wildman–Crippen LogP) is 0.541. The number of hydrogen-bond acceptors (Lipinski definition) is 3. The van der Waals surface area contributed by atoms with Crippen molar-refractivity contribution in [3.8, 4) is 0 Å². The van der Waals surface area contributed by atoms with Crippen molar-refractivity contribution in [2.75, 3.05) is 13.1 Å². The van der Waals surface area contributed by atoms with Crippen molar-refractivity contribution in [3.05, 3.63) is 0 Å². The van der Waals surface area contributed by atoms with Crippen molar-refractivity contribution in [3.63, 3.8) is 0 Å². The topological polar surface area (TPSA) is 65.6 Å². The molecule has 0 aromatic rings. The van der Waals surface area contributed by atoms with E-state index in [1.807, 2.05) is 13.8 Å². The highest BCUT2D eigenvalue weighted by molar-refractivity contribution is 5.65. The summed E-state index contributed by atoms with van der Waals surface area (Å²) in [4.78, 5) is 12.2. The van der Waals surface area contributed by atoms with Crippen LogP contribution in [-0.2, 0) is 9.47 Å². The number of amides is 1. The lowest BCUT2D eigenvalue weighted by molar-refractivity contribution is 0.136. The third-order valence-corrected chi connectivity index (χ3v) is 2.74. The average molecular weight is 201 g/mol. The molecule has 5 nitrogen and oxygen atoms in total. The number of rotatable bonds is 4. The third kappa shape index (κ3) is 2.16. The van der Waals surface area contributed by atoms with Crippen LogP contribution in [0.5, 0.6) is 0 Å². The molecule has 0 bridgehead atoms. The van der Waals surface area contributed by atoms with Crippen molar-refractivity contribution in [1.29, 1.82) is 0 Å². The van der Waals surface area contributed by atoms with Gasteiger partial charge >= 0.3 is 6.09 Å². The highest BCUT2D eigenvalue weighted by Crippen LogP contribution is 2.25. The summed E-state index contributed by atoms with van der Waals surface area (Å²) in [6, 6.07) is 0. The Bertz CT molecular complexity index is 227. The minimum Gasteiger partial charge on any atom is -0.465 e. The summed E-state index contributed by atoms with van der Waals surface area (Å²) in [7, 11) is 0. The minimum atomic E-state index is -0.893. The van der Waals surface area contributed by atoms with E-state index < -0.39 is 6.09 Å². The highest BCUT2D eigenvalue weighted by atomic mass is 16.6. The van der Waals surface area contributed by atoms with Crippen LogP contribution >= 0.6 is 0 Å². The van der Waals surface area contributed by atoms with Crippen LogP contribution in [0.2, 0.25) is 0 Å². The molecule has 0 aromatic carbocycles. The van der Waals surface area contributed by atoms with Crippen LogP contribution in [0.3, 0.4) is 0 Å². The molecule has 80 valence electrons. The smallest absolute Gasteiger partial charge is 0.407 e. The lowest BCUT2D eigenvalue weighted by Gasteiger charge is -2.16. The predicted molar refractivity (Wildman–Crippen MR) is 48.3 cm³/mol. The van der Waals surface area contributed by atoms with E-state index in [4.69, 9.17) is 14.6 Å². The van der Waals surface area contributed by atoms with Crippen molar-refractivity contribution in [1.82, 2.24) is 4.90 Å². The van der Waals surface area contributed by atoms with E-state index in [1.54, 1.807) is 0 Å². The van der Waals surface area contributed by atoms with Gasteiger partial charge in [0.25, 0.3) is 0 Å². The second-order valence-corrected chi connectivity index (χ2v) is 3.95. The quantitative estimate of drug-likeness (QED) is 0.674. The molecule has 14 heavy (non-hydrogen) atoms. The summed E-state index contributed by atoms with van der Waals surface area (Å²) < 4.78 is 10.4. The minimum absolute atomic E-state index is 0.0835. The first kappa shape index (κ1) is 9.73. The molecule has 2 fully saturated rings. The summed E-state index contributed by atoms with van der Waals surface area (Å²) in [5.74, 6) is 0. The second-order valence-electron chi connectivity index (χ2n) is 3.95. The van der Waals surface area contributed by atoms with E-state index in [9.17, 15) is 4.79 Å². The normalized spacial score (nSPS) is 39.3. The largest absolute Gasteiger partial charge is 0.465 e. The molecule has 2 rings (SSSR count). The Kier molecular flexibility index (Phi) is 2.36. The molecule has 0 saturated carbocycles. The van der Waals surface area contributed by atoms with Crippen LogP contribution in [0.15, 0.2) is 0 Å². The third-order valence-electron chi connectivity index (χ3n) is 2.74. The molecule has 2 aliphatic rings. The fourth-order valence-electron chi connectivity index (χ4n) is 1.51. The van der Waals surface area contributed by atoms with Gasteiger partial charge in [-0.2, -0.15) is 0 Å². The Morgan fingerprint density at radius 3 is 1.79 bits per heavy atom. The fourth-order valence-corrected chi connectivity index (χ4v) is 1.51. The molecule has 2 aliphatic heterocycles. The molecule has 0 aromatic heterocycles. The first-order chi connectivity index (χ1) is 6.58. The Morgan fingerprint density at radius 1 is 1.21 bits per heavy atom. The van der Waals surface area contributed by atoms with Gasteiger partial charge in [0.2, 0.25) is 0 Å². The van der Waals surface area contributed by atoms with Crippen LogP contribution in [0, 0.1) is 0 Å². The maximum atomic E-state index is 10.9. The van der Waals surface area contributed by atoms with Gasteiger partial charge in [0.1, 0.15) is 12.2 Å². The van der Waals surface area contributed by atoms with Crippen molar-refractivity contribution in [2.45, 2.75) is 38.3 Å². The van der Waals surface area contributed by atoms with Gasteiger partial charge in [-0.1, -0.05) is 0 Å². The average Bonchev–Trinajstić information content (AvgIpc) is 2.95. The fraction of sp³-hybridized carbons (Fsp3) is 0.889. The molecular weight excluding hydrogens is 186 g/mol. The summed E-state index contributed by atoms with van der Waals surface area (Å²) in [5.41, 5.74) is 0. The summed E-state index contributed by atoms with van der Waals surface area (Å²) in [6.45, 7) is 4.81. The summed E-state index contributed by atoms with van der Waals surface area (Å²) in [5, 5.41) is 8.91. The van der Waals surface area contributed by atoms with E-state index in [2.05, 4.69) is 0 Å². The van der Waals surface area contributed by atoms with E-state index in [0.717, 1.165) is 0 Å². The number of nitrogens with zero attached hydrogens (tertiary/aromatic N) is 1. The van der Waals surface area contributed by atoms with Crippen LogP contribution in [0.1, 0.15) is 13.8 Å². The van der Waals surface area contributed by atoms with Crippen LogP contribution in [-0.4, -0.2) is 53.6 Å². The van der Waals surface area contributed by atoms with Gasteiger partial charge < -0.3 is 19.5 Å². The van der Waals surface area contributed by atoms with Gasteiger partial charge in [-0.3, -0.25) is 0 Å². The number of hydrogen-bond donors (Lipinski definition) is 1. The lowest BCUT2D eigenvalue weighted by atomic mass is 10.3. The Morgan fingerprint density at radius 2 is 1.57 bits per heavy atom. The van der Waals surface area contributed by atoms with E-state index in [1.165, 1.54) is 4.90 Å². The second kappa shape index (κ2) is 3.40. The number of ether oxygens (including phenoxy) is 2. The molecule has 0 spiro atoms. The molecule has 2 heterocycles. The zero-order valence-corrected chi connectivity index (χ0v) is 8.34. The molecule has 4 unspecified atom stereocenters. The molecule has 0 aliphatic carbocycles.